The van der Waals surface area contributed by atoms with Crippen molar-refractivity contribution in [3.05, 3.63) is 35.9 Å². The van der Waals surface area contributed by atoms with Crippen molar-refractivity contribution in [1.82, 2.24) is 0 Å². The molecule has 6 nitrogen and oxygen atoms in total. The fraction of sp³-hybridized carbons (Fsp3) is 0.533. The van der Waals surface area contributed by atoms with Crippen molar-refractivity contribution in [3.63, 3.8) is 0 Å². The summed E-state index contributed by atoms with van der Waals surface area (Å²) >= 11 is 0. The Morgan fingerprint density at radius 1 is 1.18 bits per heavy atom. The summed E-state index contributed by atoms with van der Waals surface area (Å²) in [4.78, 5) is 12.0. The molecule has 7 heteroatoms. The first-order valence-electron chi connectivity index (χ1n) is 7.12. The molecule has 0 bridgehead atoms. The molecular formula is C15H21O6P. The number of hydrogen-bond acceptors (Lipinski definition) is 6. The van der Waals surface area contributed by atoms with Gasteiger partial charge in [-0.2, -0.15) is 0 Å². The number of carbonyl (C=O) groups excluding carboxylic acids is 1. The van der Waals surface area contributed by atoms with Gasteiger partial charge in [0.05, 0.1) is 13.2 Å². The fourth-order valence-corrected chi connectivity index (χ4v) is 3.82. The molecule has 1 aliphatic rings. The van der Waals surface area contributed by atoms with Crippen molar-refractivity contribution in [2.45, 2.75) is 31.2 Å². The molecule has 0 spiro atoms. The van der Waals surface area contributed by atoms with Crippen LogP contribution in [0.25, 0.3) is 0 Å². The zero-order valence-corrected chi connectivity index (χ0v) is 13.7. The molecule has 2 atom stereocenters. The van der Waals surface area contributed by atoms with Gasteiger partial charge in [0.2, 0.25) is 0 Å². The van der Waals surface area contributed by atoms with Gasteiger partial charge in [0.25, 0.3) is 0 Å². The first-order chi connectivity index (χ1) is 10.6. The Morgan fingerprint density at radius 2 is 1.86 bits per heavy atom. The lowest BCUT2D eigenvalue weighted by Gasteiger charge is -2.30. The first-order valence-corrected chi connectivity index (χ1v) is 8.73. The van der Waals surface area contributed by atoms with Gasteiger partial charge < -0.3 is 18.5 Å². The Bertz CT molecular complexity index is 524. The summed E-state index contributed by atoms with van der Waals surface area (Å²) < 4.78 is 32.9. The van der Waals surface area contributed by atoms with Crippen molar-refractivity contribution >= 4 is 13.6 Å². The maximum absolute atomic E-state index is 12.2. The number of cyclic esters (lactones) is 1. The summed E-state index contributed by atoms with van der Waals surface area (Å²) in [5.74, 6) is -0.549. The van der Waals surface area contributed by atoms with E-state index >= 15 is 0 Å². The van der Waals surface area contributed by atoms with E-state index in [1.165, 1.54) is 14.2 Å². The quantitative estimate of drug-likeness (QED) is 0.566. The van der Waals surface area contributed by atoms with Crippen molar-refractivity contribution in [2.24, 2.45) is 0 Å². The van der Waals surface area contributed by atoms with Crippen LogP contribution >= 0.6 is 7.60 Å². The second-order valence-electron chi connectivity index (χ2n) is 5.06. The second-order valence-corrected chi connectivity index (χ2v) is 7.49. The van der Waals surface area contributed by atoms with Crippen molar-refractivity contribution < 1.29 is 27.9 Å². The maximum Gasteiger partial charge on any atom is 0.344 e. The van der Waals surface area contributed by atoms with Crippen molar-refractivity contribution in [3.8, 4) is 0 Å². The Balaban J connectivity index is 1.81. The van der Waals surface area contributed by atoms with Crippen LogP contribution in [0.5, 0.6) is 0 Å². The number of carbonyl (C=O) groups is 1. The molecule has 0 saturated carbocycles. The van der Waals surface area contributed by atoms with E-state index in [0.717, 1.165) is 5.56 Å². The van der Waals surface area contributed by atoms with Crippen LogP contribution in [0.4, 0.5) is 0 Å². The van der Waals surface area contributed by atoms with Crippen LogP contribution in [0.1, 0.15) is 18.4 Å². The normalized spacial score (nSPS) is 22.4. The van der Waals surface area contributed by atoms with E-state index in [9.17, 15) is 9.36 Å². The predicted molar refractivity (Wildman–Crippen MR) is 80.6 cm³/mol. The molecule has 0 aromatic heterocycles. The largest absolute Gasteiger partial charge is 0.459 e. The molecule has 1 aromatic rings. The van der Waals surface area contributed by atoms with E-state index in [4.69, 9.17) is 18.5 Å². The second kappa shape index (κ2) is 7.88. The maximum atomic E-state index is 12.2. The third-order valence-corrected chi connectivity index (χ3v) is 5.87. The minimum Gasteiger partial charge on any atom is -0.459 e. The van der Waals surface area contributed by atoms with Crippen molar-refractivity contribution in [2.75, 3.05) is 20.8 Å². The highest BCUT2D eigenvalue weighted by Gasteiger charge is 2.44. The van der Waals surface area contributed by atoms with Gasteiger partial charge in [0, 0.05) is 14.2 Å². The molecule has 2 rings (SSSR count). The summed E-state index contributed by atoms with van der Waals surface area (Å²) in [6.07, 6.45) is 0.647. The number of esters is 1. The van der Waals surface area contributed by atoms with Gasteiger partial charge in [-0.1, -0.05) is 30.3 Å². The van der Waals surface area contributed by atoms with Gasteiger partial charge >= 0.3 is 13.6 Å². The van der Waals surface area contributed by atoms with Crippen LogP contribution in [-0.4, -0.2) is 38.6 Å². The number of ether oxygens (including phenoxy) is 2. The summed E-state index contributed by atoms with van der Waals surface area (Å²) in [5.41, 5.74) is 0.207. The van der Waals surface area contributed by atoms with Gasteiger partial charge in [-0.3, -0.25) is 9.36 Å². The van der Waals surface area contributed by atoms with Crippen LogP contribution in [-0.2, 0) is 34.5 Å². The molecule has 1 fully saturated rings. The van der Waals surface area contributed by atoms with Crippen LogP contribution in [0, 0.1) is 0 Å². The average Bonchev–Trinajstić information content (AvgIpc) is 2.55. The topological polar surface area (TPSA) is 71.1 Å². The smallest absolute Gasteiger partial charge is 0.344 e. The first kappa shape index (κ1) is 17.2. The summed E-state index contributed by atoms with van der Waals surface area (Å²) in [7, 11) is -0.887. The highest BCUT2D eigenvalue weighted by molar-refractivity contribution is 7.55. The number of hydrogen-bond donors (Lipinski definition) is 0. The van der Waals surface area contributed by atoms with E-state index < -0.39 is 19.2 Å². The zero-order chi connectivity index (χ0) is 16.0. The lowest BCUT2D eigenvalue weighted by molar-refractivity contribution is -0.157. The van der Waals surface area contributed by atoms with Crippen LogP contribution in [0.2, 0.25) is 0 Å². The van der Waals surface area contributed by atoms with Gasteiger partial charge in [0.15, 0.2) is 5.66 Å². The van der Waals surface area contributed by atoms with Gasteiger partial charge in [-0.25, -0.2) is 0 Å². The van der Waals surface area contributed by atoms with Gasteiger partial charge in [-0.05, 0) is 18.4 Å². The average molecular weight is 328 g/mol. The Hall–Kier alpha value is -1.20. The van der Waals surface area contributed by atoms with Gasteiger partial charge in [0.1, 0.15) is 6.10 Å². The lowest BCUT2D eigenvalue weighted by Crippen LogP contribution is -2.37. The third kappa shape index (κ3) is 4.17. The van der Waals surface area contributed by atoms with Crippen LogP contribution in [0.3, 0.4) is 0 Å². The minimum atomic E-state index is -3.43. The molecule has 0 N–H and O–H groups in total. The molecule has 1 heterocycles. The standard InChI is InChI=1S/C15H21O6P/c1-18-22(17,19-2)14-9-8-13(21-15(14)16)11-20-10-12-6-4-3-5-7-12/h3-7,13-14H,8-11H2,1-2H3/t13-,14?/m1/s1. The molecule has 0 aliphatic carbocycles. The summed E-state index contributed by atoms with van der Waals surface area (Å²) in [5, 5.41) is 0. The molecule has 1 aromatic carbocycles. The molecule has 0 radical (unpaired) electrons. The van der Waals surface area contributed by atoms with E-state index in [0.29, 0.717) is 26.1 Å². The molecule has 1 unspecified atom stereocenters. The molecular weight excluding hydrogens is 307 g/mol. The molecule has 0 amide bonds. The monoisotopic (exact) mass is 328 g/mol. The molecule has 1 saturated heterocycles. The molecule has 1 aliphatic heterocycles. The van der Waals surface area contributed by atoms with E-state index in [2.05, 4.69) is 0 Å². The zero-order valence-electron chi connectivity index (χ0n) is 12.8. The fourth-order valence-electron chi connectivity index (χ4n) is 2.38. The summed E-state index contributed by atoms with van der Waals surface area (Å²) in [6, 6.07) is 9.76. The summed E-state index contributed by atoms with van der Waals surface area (Å²) in [6.45, 7) is 0.782. The van der Waals surface area contributed by atoms with Crippen molar-refractivity contribution in [1.29, 1.82) is 0 Å². The highest BCUT2D eigenvalue weighted by atomic mass is 31.2. The Kier molecular flexibility index (Phi) is 6.15. The number of benzene rings is 1. The highest BCUT2D eigenvalue weighted by Crippen LogP contribution is 2.54. The SMILES string of the molecule is COP(=O)(OC)C1CC[C@H](COCc2ccccc2)OC1=O. The molecule has 122 valence electrons. The van der Waals surface area contributed by atoms with Gasteiger partial charge in [-0.15, -0.1) is 0 Å². The third-order valence-electron chi connectivity index (χ3n) is 3.62. The van der Waals surface area contributed by atoms with Crippen LogP contribution < -0.4 is 0 Å². The predicted octanol–water partition coefficient (Wildman–Crippen LogP) is 2.76. The van der Waals surface area contributed by atoms with E-state index in [1.54, 1.807) is 0 Å². The van der Waals surface area contributed by atoms with Crippen LogP contribution in [0.15, 0.2) is 30.3 Å². The Labute approximate surface area is 130 Å². The minimum absolute atomic E-state index is 0.317. The molecule has 22 heavy (non-hydrogen) atoms. The van der Waals surface area contributed by atoms with E-state index in [1.807, 2.05) is 30.3 Å². The Morgan fingerprint density at radius 3 is 2.45 bits per heavy atom. The number of rotatable bonds is 7. The lowest BCUT2D eigenvalue weighted by atomic mass is 10.1. The van der Waals surface area contributed by atoms with E-state index in [-0.39, 0.29) is 6.10 Å².